The van der Waals surface area contributed by atoms with Gasteiger partial charge in [-0.2, -0.15) is 0 Å². The number of carbonyl (C=O) groups is 2. The van der Waals surface area contributed by atoms with Crippen LogP contribution in [0.1, 0.15) is 5.76 Å². The second-order valence-corrected chi connectivity index (χ2v) is 4.71. The summed E-state index contributed by atoms with van der Waals surface area (Å²) in [4.78, 5) is 23.0. The molecule has 0 unspecified atom stereocenters. The number of methoxy groups -OCH3 is 2. The van der Waals surface area contributed by atoms with Gasteiger partial charge in [0.15, 0.2) is 11.6 Å². The fourth-order valence-corrected chi connectivity index (χ4v) is 1.83. The molecule has 0 aliphatic rings. The molecule has 25 heavy (non-hydrogen) atoms. The van der Waals surface area contributed by atoms with Gasteiger partial charge in [-0.1, -0.05) is 0 Å². The number of halogens is 1. The van der Waals surface area contributed by atoms with Gasteiger partial charge in [0, 0.05) is 11.8 Å². The van der Waals surface area contributed by atoms with Gasteiger partial charge in [0.2, 0.25) is 0 Å². The summed E-state index contributed by atoms with van der Waals surface area (Å²) in [5.41, 5.74) is 0.0291. The molecule has 0 amide bonds. The smallest absolute Gasteiger partial charge is 0.354 e. The number of ether oxygens (including phenoxy) is 3. The fraction of sp³-hybridized carbons (Fsp3) is 0.176. The van der Waals surface area contributed by atoms with Crippen LogP contribution in [0.4, 0.5) is 10.1 Å². The molecule has 0 radical (unpaired) electrons. The van der Waals surface area contributed by atoms with Crippen LogP contribution < -0.4 is 10.1 Å². The van der Waals surface area contributed by atoms with Crippen LogP contribution in [0.3, 0.4) is 0 Å². The Kier molecular flexibility index (Phi) is 6.16. The van der Waals surface area contributed by atoms with Crippen molar-refractivity contribution >= 4 is 17.6 Å². The van der Waals surface area contributed by atoms with E-state index in [0.717, 1.165) is 19.3 Å². The van der Waals surface area contributed by atoms with Crippen molar-refractivity contribution in [2.24, 2.45) is 0 Å². The van der Waals surface area contributed by atoms with E-state index in [4.69, 9.17) is 9.15 Å². The van der Waals surface area contributed by atoms with Crippen LogP contribution in [0.15, 0.2) is 52.8 Å². The summed E-state index contributed by atoms with van der Waals surface area (Å²) in [6.07, 6.45) is 2.40. The van der Waals surface area contributed by atoms with Crippen molar-refractivity contribution in [1.29, 1.82) is 0 Å². The Morgan fingerprint density at radius 2 is 2.04 bits per heavy atom. The van der Waals surface area contributed by atoms with E-state index in [9.17, 15) is 14.0 Å². The third-order valence-electron chi connectivity index (χ3n) is 3.03. The molecule has 1 heterocycles. The average molecular weight is 349 g/mol. The molecule has 0 spiro atoms. The molecule has 2 aromatic rings. The van der Waals surface area contributed by atoms with E-state index in [1.165, 1.54) is 25.5 Å². The number of hydrogen-bond acceptors (Lipinski definition) is 7. The van der Waals surface area contributed by atoms with Crippen molar-refractivity contribution in [1.82, 2.24) is 0 Å². The maximum atomic E-state index is 14.1. The highest BCUT2D eigenvalue weighted by atomic mass is 19.1. The lowest BCUT2D eigenvalue weighted by Crippen LogP contribution is -2.15. The SMILES string of the molecule is COC(=O)/C=C(/Nc1ccc(OCc2ccco2)c(F)c1)C(=O)OC. The summed E-state index contributed by atoms with van der Waals surface area (Å²) in [6, 6.07) is 7.38. The van der Waals surface area contributed by atoms with Crippen molar-refractivity contribution < 1.29 is 32.6 Å². The molecule has 1 aromatic carbocycles. The molecule has 1 N–H and O–H groups in total. The summed E-state index contributed by atoms with van der Waals surface area (Å²) < 4.78 is 33.5. The first-order valence-corrected chi connectivity index (χ1v) is 7.13. The van der Waals surface area contributed by atoms with Crippen LogP contribution in [0, 0.1) is 5.82 Å². The predicted molar refractivity (Wildman–Crippen MR) is 85.2 cm³/mol. The Labute approximate surface area is 143 Å². The number of benzene rings is 1. The van der Waals surface area contributed by atoms with Crippen LogP contribution in [0.2, 0.25) is 0 Å². The van der Waals surface area contributed by atoms with Crippen LogP contribution in [-0.4, -0.2) is 26.2 Å². The van der Waals surface area contributed by atoms with E-state index in [0.29, 0.717) is 5.76 Å². The number of carbonyl (C=O) groups excluding carboxylic acids is 2. The van der Waals surface area contributed by atoms with Gasteiger partial charge >= 0.3 is 11.9 Å². The highest BCUT2D eigenvalue weighted by Gasteiger charge is 2.14. The number of esters is 2. The van der Waals surface area contributed by atoms with Gasteiger partial charge in [0.05, 0.1) is 26.6 Å². The minimum Gasteiger partial charge on any atom is -0.483 e. The van der Waals surface area contributed by atoms with Crippen molar-refractivity contribution in [3.05, 3.63) is 59.9 Å². The number of hydrogen-bond donors (Lipinski definition) is 1. The Balaban J connectivity index is 2.11. The standard InChI is InChI=1S/C17H16FNO6/c1-22-16(20)9-14(17(21)23-2)19-11-5-6-15(13(18)8-11)25-10-12-4-3-7-24-12/h3-9,19H,10H2,1-2H3/b14-9+. The molecule has 0 fully saturated rings. The third-order valence-corrected chi connectivity index (χ3v) is 3.03. The van der Waals surface area contributed by atoms with Gasteiger partial charge in [-0.15, -0.1) is 0 Å². The second kappa shape index (κ2) is 8.53. The van der Waals surface area contributed by atoms with Gasteiger partial charge in [0.25, 0.3) is 0 Å². The second-order valence-electron chi connectivity index (χ2n) is 4.71. The van der Waals surface area contributed by atoms with E-state index in [1.54, 1.807) is 12.1 Å². The van der Waals surface area contributed by atoms with Gasteiger partial charge < -0.3 is 23.9 Å². The molecular formula is C17H16FNO6. The first-order chi connectivity index (χ1) is 12.0. The average Bonchev–Trinajstić information content (AvgIpc) is 3.13. The lowest BCUT2D eigenvalue weighted by molar-refractivity contribution is -0.138. The van der Waals surface area contributed by atoms with E-state index < -0.39 is 17.8 Å². The molecule has 132 valence electrons. The van der Waals surface area contributed by atoms with E-state index in [-0.39, 0.29) is 23.7 Å². The zero-order valence-corrected chi connectivity index (χ0v) is 13.6. The molecule has 2 rings (SSSR count). The maximum absolute atomic E-state index is 14.1. The molecule has 0 atom stereocenters. The van der Waals surface area contributed by atoms with Crippen LogP contribution in [-0.2, 0) is 25.7 Å². The number of nitrogens with one attached hydrogen (secondary N) is 1. The lowest BCUT2D eigenvalue weighted by atomic mass is 10.2. The van der Waals surface area contributed by atoms with Crippen LogP contribution in [0.25, 0.3) is 0 Å². The molecular weight excluding hydrogens is 333 g/mol. The summed E-state index contributed by atoms with van der Waals surface area (Å²) in [6.45, 7) is 0.0757. The van der Waals surface area contributed by atoms with Crippen molar-refractivity contribution in [3.8, 4) is 5.75 Å². The van der Waals surface area contributed by atoms with E-state index in [2.05, 4.69) is 14.8 Å². The Morgan fingerprint density at radius 3 is 2.64 bits per heavy atom. The monoisotopic (exact) mass is 349 g/mol. The number of furan rings is 1. The largest absolute Gasteiger partial charge is 0.483 e. The first-order valence-electron chi connectivity index (χ1n) is 7.13. The quantitative estimate of drug-likeness (QED) is 0.607. The molecule has 1 aromatic heterocycles. The zero-order chi connectivity index (χ0) is 18.2. The zero-order valence-electron chi connectivity index (χ0n) is 13.6. The molecule has 8 heteroatoms. The van der Waals surface area contributed by atoms with Crippen molar-refractivity contribution in [3.63, 3.8) is 0 Å². The third kappa shape index (κ3) is 5.10. The van der Waals surface area contributed by atoms with E-state index >= 15 is 0 Å². The minimum absolute atomic E-state index is 0.0125. The molecule has 0 bridgehead atoms. The molecule has 0 saturated carbocycles. The highest BCUT2D eigenvalue weighted by Crippen LogP contribution is 2.23. The summed E-state index contributed by atoms with van der Waals surface area (Å²) in [7, 11) is 2.32. The fourth-order valence-electron chi connectivity index (χ4n) is 1.83. The first kappa shape index (κ1) is 18.1. The molecule has 0 aliphatic heterocycles. The van der Waals surface area contributed by atoms with Crippen LogP contribution >= 0.6 is 0 Å². The topological polar surface area (TPSA) is 87.0 Å². The number of rotatable bonds is 7. The van der Waals surface area contributed by atoms with Gasteiger partial charge in [-0.3, -0.25) is 0 Å². The molecule has 7 nitrogen and oxygen atoms in total. The summed E-state index contributed by atoms with van der Waals surface area (Å²) in [5.74, 6) is -1.65. The number of anilines is 1. The highest BCUT2D eigenvalue weighted by molar-refractivity contribution is 5.98. The maximum Gasteiger partial charge on any atom is 0.354 e. The Morgan fingerprint density at radius 1 is 1.24 bits per heavy atom. The molecule has 0 saturated heterocycles. The van der Waals surface area contributed by atoms with E-state index in [1.807, 2.05) is 0 Å². The predicted octanol–water partition coefficient (Wildman–Crippen LogP) is 2.64. The van der Waals surface area contributed by atoms with Gasteiger partial charge in [-0.05, 0) is 24.3 Å². The Bertz CT molecular complexity index is 769. The summed E-state index contributed by atoms with van der Waals surface area (Å²) in [5, 5.41) is 2.60. The normalized spacial score (nSPS) is 10.9. The van der Waals surface area contributed by atoms with Gasteiger partial charge in [-0.25, -0.2) is 14.0 Å². The van der Waals surface area contributed by atoms with Crippen molar-refractivity contribution in [2.75, 3.05) is 19.5 Å². The minimum atomic E-state index is -0.802. The van der Waals surface area contributed by atoms with Crippen molar-refractivity contribution in [2.45, 2.75) is 6.61 Å². The molecule has 0 aliphatic carbocycles. The summed E-state index contributed by atoms with van der Waals surface area (Å²) >= 11 is 0. The van der Waals surface area contributed by atoms with Gasteiger partial charge in [0.1, 0.15) is 18.1 Å². The Hall–Kier alpha value is -3.29. The lowest BCUT2D eigenvalue weighted by Gasteiger charge is -2.11. The van der Waals surface area contributed by atoms with Crippen LogP contribution in [0.5, 0.6) is 5.75 Å².